The topological polar surface area (TPSA) is 73.7 Å². The molecular formula is C24H28ClN3O4S. The van der Waals surface area contributed by atoms with E-state index in [1.54, 1.807) is 0 Å². The lowest BCUT2D eigenvalue weighted by atomic mass is 10.1. The first-order chi connectivity index (χ1) is 15.7. The molecule has 33 heavy (non-hydrogen) atoms. The first-order valence-corrected chi connectivity index (χ1v) is 13.2. The summed E-state index contributed by atoms with van der Waals surface area (Å²) >= 11 is 6.10. The fourth-order valence-electron chi connectivity index (χ4n) is 3.86. The highest BCUT2D eigenvalue weighted by Crippen LogP contribution is 2.33. The SMILES string of the molecule is CC(C)Oc1ccccc1-n1nc(OC2CCN(S(C)(=O)=O)CC2)cc1-c1ccc(Cl)cc1. The van der Waals surface area contributed by atoms with Crippen LogP contribution in [-0.2, 0) is 10.0 Å². The van der Waals surface area contributed by atoms with Crippen molar-refractivity contribution in [1.29, 1.82) is 0 Å². The standard InChI is InChI=1S/C24H28ClN3O4S/c1-17(2)31-23-7-5-4-6-21(23)28-22(18-8-10-19(25)11-9-18)16-24(26-28)32-20-12-14-27(15-13-20)33(3,29)30/h4-11,16-17,20H,12-15H2,1-3H3. The van der Waals surface area contributed by atoms with Gasteiger partial charge in [0.2, 0.25) is 15.9 Å². The number of benzene rings is 2. The van der Waals surface area contributed by atoms with Crippen LogP contribution in [0, 0.1) is 0 Å². The second-order valence-electron chi connectivity index (χ2n) is 8.40. The van der Waals surface area contributed by atoms with E-state index in [0.717, 1.165) is 22.7 Å². The van der Waals surface area contributed by atoms with Crippen LogP contribution in [0.1, 0.15) is 26.7 Å². The zero-order chi connectivity index (χ0) is 23.6. The molecule has 1 aliphatic rings. The minimum atomic E-state index is -3.18. The van der Waals surface area contributed by atoms with Crippen molar-refractivity contribution in [2.45, 2.75) is 38.9 Å². The van der Waals surface area contributed by atoms with Crippen molar-refractivity contribution in [3.05, 3.63) is 59.6 Å². The van der Waals surface area contributed by atoms with Gasteiger partial charge in [0.1, 0.15) is 17.5 Å². The van der Waals surface area contributed by atoms with Crippen LogP contribution >= 0.6 is 11.6 Å². The molecule has 0 unspecified atom stereocenters. The van der Waals surface area contributed by atoms with Gasteiger partial charge in [-0.05, 0) is 51.0 Å². The van der Waals surface area contributed by atoms with Crippen LogP contribution in [0.4, 0.5) is 0 Å². The minimum Gasteiger partial charge on any atom is -0.489 e. The van der Waals surface area contributed by atoms with Crippen LogP contribution in [0.25, 0.3) is 16.9 Å². The Bertz CT molecular complexity index is 1200. The Morgan fingerprint density at radius 2 is 1.73 bits per heavy atom. The summed E-state index contributed by atoms with van der Waals surface area (Å²) in [5.74, 6) is 1.20. The van der Waals surface area contributed by atoms with Gasteiger partial charge in [0, 0.05) is 29.7 Å². The molecule has 1 fully saturated rings. The van der Waals surface area contributed by atoms with Gasteiger partial charge in [0.25, 0.3) is 0 Å². The number of hydrogen-bond donors (Lipinski definition) is 0. The van der Waals surface area contributed by atoms with E-state index < -0.39 is 10.0 Å². The van der Waals surface area contributed by atoms with Gasteiger partial charge >= 0.3 is 0 Å². The van der Waals surface area contributed by atoms with Crippen molar-refractivity contribution in [1.82, 2.24) is 14.1 Å². The second kappa shape index (κ2) is 9.75. The van der Waals surface area contributed by atoms with E-state index in [9.17, 15) is 8.42 Å². The Balaban J connectivity index is 1.66. The van der Waals surface area contributed by atoms with Crippen molar-refractivity contribution in [3.63, 3.8) is 0 Å². The van der Waals surface area contributed by atoms with Crippen LogP contribution in [0.15, 0.2) is 54.6 Å². The molecule has 0 atom stereocenters. The Morgan fingerprint density at radius 1 is 1.06 bits per heavy atom. The van der Waals surface area contributed by atoms with Crippen LogP contribution < -0.4 is 9.47 Å². The first-order valence-electron chi connectivity index (χ1n) is 10.9. The number of halogens is 1. The molecule has 9 heteroatoms. The molecule has 3 aromatic rings. The van der Waals surface area contributed by atoms with Gasteiger partial charge in [0.15, 0.2) is 0 Å². The summed E-state index contributed by atoms with van der Waals surface area (Å²) in [6, 6.07) is 17.2. The molecule has 2 heterocycles. The number of ether oxygens (including phenoxy) is 2. The number of sulfonamides is 1. The third-order valence-corrected chi connectivity index (χ3v) is 7.00. The minimum absolute atomic E-state index is 0.0106. The highest BCUT2D eigenvalue weighted by atomic mass is 35.5. The lowest BCUT2D eigenvalue weighted by molar-refractivity contribution is 0.129. The third-order valence-electron chi connectivity index (χ3n) is 5.44. The molecule has 0 saturated carbocycles. The number of para-hydroxylation sites is 2. The largest absolute Gasteiger partial charge is 0.489 e. The molecule has 2 aromatic carbocycles. The van der Waals surface area contributed by atoms with Crippen LogP contribution in [0.3, 0.4) is 0 Å². The second-order valence-corrected chi connectivity index (χ2v) is 10.8. The number of hydrogen-bond acceptors (Lipinski definition) is 5. The van der Waals surface area contributed by atoms with E-state index in [1.807, 2.05) is 73.1 Å². The Kier molecular flexibility index (Phi) is 6.97. The first kappa shape index (κ1) is 23.6. The monoisotopic (exact) mass is 489 g/mol. The number of rotatable bonds is 7. The Labute approximate surface area is 199 Å². The van der Waals surface area contributed by atoms with E-state index in [1.165, 1.54) is 10.6 Å². The summed E-state index contributed by atoms with van der Waals surface area (Å²) in [5.41, 5.74) is 2.58. The molecule has 1 aromatic heterocycles. The van der Waals surface area contributed by atoms with Gasteiger partial charge in [0.05, 0.1) is 18.1 Å². The molecule has 0 bridgehead atoms. The third kappa shape index (κ3) is 5.69. The van der Waals surface area contributed by atoms with Crippen molar-refractivity contribution in [2.24, 2.45) is 0 Å². The van der Waals surface area contributed by atoms with Gasteiger partial charge < -0.3 is 9.47 Å². The summed E-state index contributed by atoms with van der Waals surface area (Å²) in [6.45, 7) is 4.85. The van der Waals surface area contributed by atoms with Crippen LogP contribution in [0.2, 0.25) is 5.02 Å². The quantitative estimate of drug-likeness (QED) is 0.477. The van der Waals surface area contributed by atoms with Crippen molar-refractivity contribution < 1.29 is 17.9 Å². The summed E-state index contributed by atoms with van der Waals surface area (Å²) < 4.78 is 39.1. The summed E-state index contributed by atoms with van der Waals surface area (Å²) in [6.07, 6.45) is 2.38. The predicted octanol–water partition coefficient (Wildman–Crippen LogP) is 4.78. The molecule has 1 saturated heterocycles. The summed E-state index contributed by atoms with van der Waals surface area (Å²) in [4.78, 5) is 0. The van der Waals surface area contributed by atoms with Crippen molar-refractivity contribution in [2.75, 3.05) is 19.3 Å². The smallest absolute Gasteiger partial charge is 0.234 e. The number of nitrogens with zero attached hydrogens (tertiary/aromatic N) is 3. The van der Waals surface area contributed by atoms with E-state index in [-0.39, 0.29) is 12.2 Å². The van der Waals surface area contributed by atoms with Gasteiger partial charge in [-0.2, -0.15) is 0 Å². The molecular weight excluding hydrogens is 462 g/mol. The molecule has 0 radical (unpaired) electrons. The maximum absolute atomic E-state index is 11.8. The van der Waals surface area contributed by atoms with Crippen LogP contribution in [-0.4, -0.2) is 54.1 Å². The van der Waals surface area contributed by atoms with Gasteiger partial charge in [-0.15, -0.1) is 5.10 Å². The van der Waals surface area contributed by atoms with E-state index >= 15 is 0 Å². The fourth-order valence-corrected chi connectivity index (χ4v) is 4.87. The zero-order valence-corrected chi connectivity index (χ0v) is 20.5. The predicted molar refractivity (Wildman–Crippen MR) is 130 cm³/mol. The zero-order valence-electron chi connectivity index (χ0n) is 18.9. The van der Waals surface area contributed by atoms with Crippen molar-refractivity contribution in [3.8, 4) is 28.6 Å². The number of aromatic nitrogens is 2. The maximum Gasteiger partial charge on any atom is 0.234 e. The normalized spacial score (nSPS) is 15.7. The summed E-state index contributed by atoms with van der Waals surface area (Å²) in [5, 5.41) is 5.41. The molecule has 1 aliphatic heterocycles. The van der Waals surface area contributed by atoms with E-state index in [0.29, 0.717) is 36.8 Å². The molecule has 4 rings (SSSR count). The van der Waals surface area contributed by atoms with Gasteiger partial charge in [-0.3, -0.25) is 0 Å². The lowest BCUT2D eigenvalue weighted by Gasteiger charge is -2.29. The highest BCUT2D eigenvalue weighted by Gasteiger charge is 2.27. The Morgan fingerprint density at radius 3 is 2.36 bits per heavy atom. The fraction of sp³-hybridized carbons (Fsp3) is 0.375. The molecule has 7 nitrogen and oxygen atoms in total. The van der Waals surface area contributed by atoms with Gasteiger partial charge in [-0.1, -0.05) is 35.9 Å². The summed E-state index contributed by atoms with van der Waals surface area (Å²) in [7, 11) is -3.18. The molecule has 176 valence electrons. The molecule has 0 N–H and O–H groups in total. The maximum atomic E-state index is 11.8. The lowest BCUT2D eigenvalue weighted by Crippen LogP contribution is -2.41. The van der Waals surface area contributed by atoms with Crippen LogP contribution in [0.5, 0.6) is 11.6 Å². The van der Waals surface area contributed by atoms with Gasteiger partial charge in [-0.25, -0.2) is 17.4 Å². The molecule has 0 aliphatic carbocycles. The van der Waals surface area contributed by atoms with E-state index in [2.05, 4.69) is 0 Å². The van der Waals surface area contributed by atoms with Crippen molar-refractivity contribution >= 4 is 21.6 Å². The van der Waals surface area contributed by atoms with E-state index in [4.69, 9.17) is 26.2 Å². The highest BCUT2D eigenvalue weighted by molar-refractivity contribution is 7.88. The Hall–Kier alpha value is -2.55. The average Bonchev–Trinajstić information content (AvgIpc) is 3.17. The molecule has 0 amide bonds. The average molecular weight is 490 g/mol. The molecule has 0 spiro atoms. The number of piperidine rings is 1.